The molecule has 2 saturated heterocycles. The summed E-state index contributed by atoms with van der Waals surface area (Å²) in [5.74, 6) is -3.46. The lowest BCUT2D eigenvalue weighted by molar-refractivity contribution is -0.405. The summed E-state index contributed by atoms with van der Waals surface area (Å²) in [6, 6.07) is 27.5. The standard InChI is InChI=1S/C27H26F2O5/c28-27(29)24(30-16-19-10-4-1-5-11-19)23-22(18-31-25(34-23)21-14-8-3-9-15-21)33-26(27)32-17-20-12-6-2-7-13-20/h1-15,22-26H,16-18H2/t22-,23-,24+,25-,26-/m1/s1. The first-order valence-electron chi connectivity index (χ1n) is 11.3. The molecule has 0 spiro atoms. The summed E-state index contributed by atoms with van der Waals surface area (Å²) in [5.41, 5.74) is 2.30. The SMILES string of the molecule is FC1(F)[C@H](OCc2ccccc2)O[C@@H]2CO[C@@H](c3ccccc3)O[C@H]2[C@@H]1OCc1ccccc1. The van der Waals surface area contributed by atoms with Crippen LogP contribution in [0.1, 0.15) is 23.0 Å². The number of halogens is 2. The largest absolute Gasteiger partial charge is 0.364 e. The van der Waals surface area contributed by atoms with Crippen molar-refractivity contribution in [3.63, 3.8) is 0 Å². The summed E-state index contributed by atoms with van der Waals surface area (Å²) in [4.78, 5) is 0. The van der Waals surface area contributed by atoms with E-state index >= 15 is 8.78 Å². The Kier molecular flexibility index (Phi) is 6.99. The van der Waals surface area contributed by atoms with Gasteiger partial charge in [-0.25, -0.2) is 0 Å². The number of ether oxygens (including phenoxy) is 5. The fourth-order valence-electron chi connectivity index (χ4n) is 4.18. The zero-order chi connectivity index (χ0) is 23.4. The van der Waals surface area contributed by atoms with Crippen LogP contribution in [0.2, 0.25) is 0 Å². The predicted octanol–water partition coefficient (Wildman–Crippen LogP) is 5.26. The molecule has 0 saturated carbocycles. The second-order valence-electron chi connectivity index (χ2n) is 8.37. The highest BCUT2D eigenvalue weighted by Crippen LogP contribution is 2.43. The van der Waals surface area contributed by atoms with Crippen LogP contribution in [0.25, 0.3) is 0 Å². The molecule has 7 heteroatoms. The number of hydrogen-bond donors (Lipinski definition) is 0. The highest BCUT2D eigenvalue weighted by atomic mass is 19.3. The van der Waals surface area contributed by atoms with Crippen molar-refractivity contribution in [3.8, 4) is 0 Å². The molecule has 3 aromatic carbocycles. The molecule has 3 aromatic rings. The Labute approximate surface area is 197 Å². The van der Waals surface area contributed by atoms with E-state index in [1.165, 1.54) is 0 Å². The molecule has 0 unspecified atom stereocenters. The van der Waals surface area contributed by atoms with E-state index in [1.54, 1.807) is 0 Å². The van der Waals surface area contributed by atoms with Crippen molar-refractivity contribution in [2.24, 2.45) is 0 Å². The summed E-state index contributed by atoms with van der Waals surface area (Å²) < 4.78 is 60.4. The van der Waals surface area contributed by atoms with Crippen molar-refractivity contribution in [1.82, 2.24) is 0 Å². The van der Waals surface area contributed by atoms with Gasteiger partial charge < -0.3 is 23.7 Å². The van der Waals surface area contributed by atoms with E-state index in [1.807, 2.05) is 91.0 Å². The summed E-state index contributed by atoms with van der Waals surface area (Å²) >= 11 is 0. The Morgan fingerprint density at radius 2 is 1.29 bits per heavy atom. The molecular weight excluding hydrogens is 442 g/mol. The molecule has 2 fully saturated rings. The minimum atomic E-state index is -3.46. The van der Waals surface area contributed by atoms with Gasteiger partial charge in [0.1, 0.15) is 12.2 Å². The van der Waals surface area contributed by atoms with Gasteiger partial charge in [-0.3, -0.25) is 0 Å². The van der Waals surface area contributed by atoms with Gasteiger partial charge in [0.05, 0.1) is 19.8 Å². The Bertz CT molecular complexity index is 1030. The maximum Gasteiger partial charge on any atom is 0.326 e. The van der Waals surface area contributed by atoms with Crippen LogP contribution in [0.3, 0.4) is 0 Å². The summed E-state index contributed by atoms with van der Waals surface area (Å²) in [6.07, 6.45) is -5.96. The van der Waals surface area contributed by atoms with Crippen LogP contribution < -0.4 is 0 Å². The van der Waals surface area contributed by atoms with Crippen molar-refractivity contribution < 1.29 is 32.5 Å². The van der Waals surface area contributed by atoms with E-state index in [0.717, 1.165) is 16.7 Å². The Balaban J connectivity index is 1.37. The van der Waals surface area contributed by atoms with E-state index in [9.17, 15) is 0 Å². The van der Waals surface area contributed by atoms with Gasteiger partial charge in [0.25, 0.3) is 0 Å². The molecule has 5 atom stereocenters. The van der Waals surface area contributed by atoms with Crippen molar-refractivity contribution in [2.45, 2.75) is 50.0 Å². The van der Waals surface area contributed by atoms with Gasteiger partial charge in [0.2, 0.25) is 6.29 Å². The third kappa shape index (κ3) is 5.04. The van der Waals surface area contributed by atoms with E-state index in [4.69, 9.17) is 23.7 Å². The second-order valence-corrected chi connectivity index (χ2v) is 8.37. The highest BCUT2D eigenvalue weighted by molar-refractivity contribution is 5.17. The molecule has 0 radical (unpaired) electrons. The van der Waals surface area contributed by atoms with Crippen molar-refractivity contribution in [2.75, 3.05) is 6.61 Å². The van der Waals surface area contributed by atoms with Crippen LogP contribution >= 0.6 is 0 Å². The lowest BCUT2D eigenvalue weighted by Crippen LogP contribution is -2.66. The van der Waals surface area contributed by atoms with Gasteiger partial charge in [0, 0.05) is 5.56 Å². The van der Waals surface area contributed by atoms with Gasteiger partial charge in [-0.05, 0) is 11.1 Å². The number of rotatable bonds is 7. The van der Waals surface area contributed by atoms with Gasteiger partial charge in [-0.1, -0.05) is 91.0 Å². The summed E-state index contributed by atoms with van der Waals surface area (Å²) in [7, 11) is 0. The lowest BCUT2D eigenvalue weighted by Gasteiger charge is -2.48. The van der Waals surface area contributed by atoms with E-state index < -0.39 is 36.8 Å². The number of alkyl halides is 2. The maximum absolute atomic E-state index is 15.7. The average Bonchev–Trinajstić information content (AvgIpc) is 2.88. The number of hydrogen-bond acceptors (Lipinski definition) is 5. The molecule has 0 N–H and O–H groups in total. The van der Waals surface area contributed by atoms with Gasteiger partial charge in [-0.15, -0.1) is 0 Å². The van der Waals surface area contributed by atoms with Gasteiger partial charge >= 0.3 is 5.92 Å². The minimum absolute atomic E-state index is 0.00986. The van der Waals surface area contributed by atoms with Crippen molar-refractivity contribution >= 4 is 0 Å². The fraction of sp³-hybridized carbons (Fsp3) is 0.333. The second kappa shape index (κ2) is 10.3. The minimum Gasteiger partial charge on any atom is -0.364 e. The van der Waals surface area contributed by atoms with Crippen LogP contribution in [-0.2, 0) is 36.9 Å². The molecule has 0 aliphatic carbocycles. The fourth-order valence-corrected chi connectivity index (χ4v) is 4.18. The molecule has 2 aliphatic rings. The lowest BCUT2D eigenvalue weighted by atomic mass is 9.96. The molecule has 2 aliphatic heterocycles. The highest BCUT2D eigenvalue weighted by Gasteiger charge is 2.62. The Hall–Kier alpha value is -2.68. The third-order valence-electron chi connectivity index (χ3n) is 5.94. The molecule has 5 nitrogen and oxygen atoms in total. The molecular formula is C27H26F2O5. The molecule has 0 aromatic heterocycles. The van der Waals surface area contributed by atoms with Crippen molar-refractivity contribution in [3.05, 3.63) is 108 Å². The van der Waals surface area contributed by atoms with E-state index in [-0.39, 0.29) is 19.8 Å². The van der Waals surface area contributed by atoms with Gasteiger partial charge in [0.15, 0.2) is 12.4 Å². The normalized spacial score (nSPS) is 28.2. The monoisotopic (exact) mass is 468 g/mol. The molecule has 34 heavy (non-hydrogen) atoms. The zero-order valence-electron chi connectivity index (χ0n) is 18.5. The van der Waals surface area contributed by atoms with E-state index in [0.29, 0.717) is 0 Å². The van der Waals surface area contributed by atoms with E-state index in [2.05, 4.69) is 0 Å². The summed E-state index contributed by atoms with van der Waals surface area (Å²) in [5, 5.41) is 0. The third-order valence-corrected chi connectivity index (χ3v) is 5.94. The van der Waals surface area contributed by atoms with Crippen LogP contribution in [0.4, 0.5) is 8.78 Å². The molecule has 2 heterocycles. The number of benzene rings is 3. The Morgan fingerprint density at radius 3 is 1.91 bits per heavy atom. The quantitative estimate of drug-likeness (QED) is 0.473. The first kappa shape index (κ1) is 23.1. The first-order valence-corrected chi connectivity index (χ1v) is 11.3. The van der Waals surface area contributed by atoms with Crippen LogP contribution in [-0.4, -0.2) is 37.1 Å². The topological polar surface area (TPSA) is 46.2 Å². The molecule has 178 valence electrons. The first-order chi connectivity index (χ1) is 16.6. The number of fused-ring (bicyclic) bond motifs is 1. The smallest absolute Gasteiger partial charge is 0.326 e. The molecule has 0 bridgehead atoms. The van der Waals surface area contributed by atoms with Crippen LogP contribution in [0, 0.1) is 0 Å². The Morgan fingerprint density at radius 1 is 0.735 bits per heavy atom. The molecule has 0 amide bonds. The van der Waals surface area contributed by atoms with Crippen LogP contribution in [0.5, 0.6) is 0 Å². The van der Waals surface area contributed by atoms with Crippen molar-refractivity contribution in [1.29, 1.82) is 0 Å². The van der Waals surface area contributed by atoms with Crippen LogP contribution in [0.15, 0.2) is 91.0 Å². The predicted molar refractivity (Wildman–Crippen MR) is 120 cm³/mol. The van der Waals surface area contributed by atoms with Gasteiger partial charge in [-0.2, -0.15) is 8.78 Å². The maximum atomic E-state index is 15.7. The molecule has 5 rings (SSSR count). The average molecular weight is 468 g/mol. The zero-order valence-corrected chi connectivity index (χ0v) is 18.5. The summed E-state index contributed by atoms with van der Waals surface area (Å²) in [6.45, 7) is 0.0743.